The minimum Gasteiger partial charge on any atom is -0.440 e. The lowest BCUT2D eigenvalue weighted by molar-refractivity contribution is -0.883. The Bertz CT molecular complexity index is 1060. The first-order valence-electron chi connectivity index (χ1n) is 12.1. The molecule has 8 heteroatoms. The average Bonchev–Trinajstić information content (AvgIpc) is 2.84. The van der Waals surface area contributed by atoms with Crippen LogP contribution in [0.2, 0.25) is 0 Å². The average molecular weight is 457 g/mol. The second kappa shape index (κ2) is 10.1. The van der Waals surface area contributed by atoms with E-state index in [0.717, 1.165) is 44.2 Å². The molecule has 2 aliphatic rings. The van der Waals surface area contributed by atoms with Crippen LogP contribution < -0.4 is 10.9 Å². The van der Waals surface area contributed by atoms with Crippen LogP contribution in [0.15, 0.2) is 39.5 Å². The molecule has 1 aromatic heterocycles. The van der Waals surface area contributed by atoms with Gasteiger partial charge in [0.1, 0.15) is 12.1 Å². The number of nitrogens with one attached hydrogen (secondary N) is 1. The lowest BCUT2D eigenvalue weighted by Gasteiger charge is -2.47. The molecule has 2 atom stereocenters. The smallest absolute Gasteiger partial charge is 0.410 e. The van der Waals surface area contributed by atoms with Gasteiger partial charge in [0.05, 0.1) is 12.6 Å². The van der Waals surface area contributed by atoms with Gasteiger partial charge < -0.3 is 19.4 Å². The number of fused-ring (bicyclic) bond motifs is 1. The lowest BCUT2D eigenvalue weighted by Crippen LogP contribution is -2.67. The van der Waals surface area contributed by atoms with Gasteiger partial charge in [-0.2, -0.15) is 0 Å². The van der Waals surface area contributed by atoms with E-state index < -0.39 is 5.63 Å². The largest absolute Gasteiger partial charge is 0.440 e. The van der Waals surface area contributed by atoms with Crippen LogP contribution in [0.3, 0.4) is 0 Å². The van der Waals surface area contributed by atoms with E-state index in [-0.39, 0.29) is 34.2 Å². The molecule has 0 saturated carbocycles. The monoisotopic (exact) mass is 456 g/mol. The second-order valence-electron chi connectivity index (χ2n) is 9.03. The molecule has 2 aromatic rings. The van der Waals surface area contributed by atoms with Crippen LogP contribution in [0.4, 0.5) is 4.79 Å². The van der Waals surface area contributed by atoms with Crippen molar-refractivity contribution in [3.63, 3.8) is 0 Å². The highest BCUT2D eigenvalue weighted by molar-refractivity contribution is 5.92. The third-order valence-corrected chi connectivity index (χ3v) is 7.19. The van der Waals surface area contributed by atoms with Crippen LogP contribution in [-0.2, 0) is 4.74 Å². The van der Waals surface area contributed by atoms with Crippen molar-refractivity contribution in [3.05, 3.63) is 46.3 Å². The van der Waals surface area contributed by atoms with Gasteiger partial charge in [-0.15, -0.1) is 0 Å². The molecule has 2 unspecified atom stereocenters. The van der Waals surface area contributed by atoms with Crippen molar-refractivity contribution < 1.29 is 23.2 Å². The molecule has 2 fully saturated rings. The highest BCUT2D eigenvalue weighted by atomic mass is 16.6. The van der Waals surface area contributed by atoms with Crippen molar-refractivity contribution in [2.75, 3.05) is 39.3 Å². The molecule has 4 rings (SSSR count). The molecular formula is C25H34N3O5+. The first-order valence-corrected chi connectivity index (χ1v) is 12.1. The third-order valence-electron chi connectivity index (χ3n) is 7.19. The summed E-state index contributed by atoms with van der Waals surface area (Å²) in [6.07, 6.45) is 2.44. The van der Waals surface area contributed by atoms with E-state index in [1.165, 1.54) is 0 Å². The van der Waals surface area contributed by atoms with E-state index in [4.69, 9.17) is 9.15 Å². The van der Waals surface area contributed by atoms with Crippen molar-refractivity contribution in [2.45, 2.75) is 51.7 Å². The number of nitrogens with zero attached hydrogens (tertiary/aromatic N) is 2. The zero-order valence-corrected chi connectivity index (χ0v) is 19.5. The van der Waals surface area contributed by atoms with Crippen molar-refractivity contribution in [3.8, 4) is 0 Å². The SMILES string of the molecule is CCN(CC)C(=O)OC1CCC[N+](C(=O)c2cc3ccccc3oc2=O)(C2CCNCC2)C1. The van der Waals surface area contributed by atoms with Gasteiger partial charge in [0.15, 0.2) is 11.7 Å². The number of benzene rings is 1. The van der Waals surface area contributed by atoms with Gasteiger partial charge in [-0.3, -0.25) is 4.48 Å². The summed E-state index contributed by atoms with van der Waals surface area (Å²) >= 11 is 0. The van der Waals surface area contributed by atoms with Crippen LogP contribution in [0.25, 0.3) is 11.0 Å². The number of amides is 2. The number of para-hydroxylation sites is 1. The van der Waals surface area contributed by atoms with Crippen molar-refractivity contribution >= 4 is 23.0 Å². The third kappa shape index (κ3) is 4.68. The summed E-state index contributed by atoms with van der Waals surface area (Å²) in [5.74, 6) is -0.218. The topological polar surface area (TPSA) is 88.8 Å². The summed E-state index contributed by atoms with van der Waals surface area (Å²) in [5.41, 5.74) is -0.0486. The number of hydrogen-bond acceptors (Lipinski definition) is 6. The maximum Gasteiger partial charge on any atom is 0.410 e. The minimum absolute atomic E-state index is 0.0691. The highest BCUT2D eigenvalue weighted by Crippen LogP contribution is 2.32. The van der Waals surface area contributed by atoms with Gasteiger partial charge in [0, 0.05) is 50.8 Å². The van der Waals surface area contributed by atoms with Crippen LogP contribution in [-0.4, -0.2) is 72.8 Å². The van der Waals surface area contributed by atoms with Crippen LogP contribution in [0.5, 0.6) is 0 Å². The fourth-order valence-electron chi connectivity index (χ4n) is 5.38. The molecule has 0 spiro atoms. The molecule has 0 aliphatic carbocycles. The molecule has 0 bridgehead atoms. The summed E-state index contributed by atoms with van der Waals surface area (Å²) in [7, 11) is 0. The number of hydrogen-bond donors (Lipinski definition) is 1. The number of piperidine rings is 2. The number of carbonyl (C=O) groups is 2. The number of carbonyl (C=O) groups excluding carboxylic acids is 2. The van der Waals surface area contributed by atoms with Crippen molar-refractivity contribution in [2.24, 2.45) is 0 Å². The Balaban J connectivity index is 1.69. The Morgan fingerprint density at radius 2 is 1.88 bits per heavy atom. The molecule has 0 radical (unpaired) electrons. The zero-order chi connectivity index (χ0) is 23.4. The molecule has 33 heavy (non-hydrogen) atoms. The standard InChI is InChI=1S/C25H34N3O5/c1-3-27(4-2)25(31)32-20-9-7-15-28(17-20,19-11-13-26-14-12-19)23(29)21-16-18-8-5-6-10-22(18)33-24(21)30/h5-6,8,10,16,19-20,26H,3-4,7,9,11-15,17H2,1-2H3/q+1. The fourth-order valence-corrected chi connectivity index (χ4v) is 5.38. The molecule has 2 aliphatic heterocycles. The van der Waals surface area contributed by atoms with Crippen LogP contribution in [0, 0.1) is 0 Å². The number of likely N-dealkylation sites (tertiary alicyclic amines) is 1. The number of rotatable bonds is 5. The summed E-state index contributed by atoms with van der Waals surface area (Å²) in [6.45, 7) is 7.67. The van der Waals surface area contributed by atoms with Gasteiger partial charge in [0.25, 0.3) is 0 Å². The normalized spacial score (nSPS) is 23.9. The Morgan fingerprint density at radius 1 is 1.15 bits per heavy atom. The quantitative estimate of drug-likeness (QED) is 0.549. The Kier molecular flexibility index (Phi) is 7.14. The molecule has 1 aromatic carbocycles. The maximum atomic E-state index is 14.1. The van der Waals surface area contributed by atoms with Gasteiger partial charge >= 0.3 is 17.6 Å². The van der Waals surface area contributed by atoms with Gasteiger partial charge in [-0.05, 0) is 32.4 Å². The number of quaternary nitrogens is 1. The summed E-state index contributed by atoms with van der Waals surface area (Å²) in [5, 5.41) is 4.09. The Hall–Kier alpha value is -2.71. The maximum absolute atomic E-state index is 14.1. The molecule has 178 valence electrons. The summed E-state index contributed by atoms with van der Waals surface area (Å²) in [4.78, 5) is 41.3. The molecule has 2 saturated heterocycles. The van der Waals surface area contributed by atoms with Gasteiger partial charge in [-0.1, -0.05) is 18.2 Å². The van der Waals surface area contributed by atoms with Crippen LogP contribution >= 0.6 is 0 Å². The van der Waals surface area contributed by atoms with Crippen LogP contribution in [0.1, 0.15) is 49.9 Å². The van der Waals surface area contributed by atoms with E-state index in [0.29, 0.717) is 31.8 Å². The van der Waals surface area contributed by atoms with Gasteiger partial charge in [-0.25, -0.2) is 14.4 Å². The van der Waals surface area contributed by atoms with E-state index in [2.05, 4.69) is 5.32 Å². The molecule has 1 N–H and O–H groups in total. The molecule has 8 nitrogen and oxygen atoms in total. The Morgan fingerprint density at radius 3 is 2.61 bits per heavy atom. The first-order chi connectivity index (χ1) is 16.0. The molecule has 2 amide bonds. The number of ether oxygens (including phenoxy) is 1. The second-order valence-corrected chi connectivity index (χ2v) is 9.03. The molecular weight excluding hydrogens is 422 g/mol. The summed E-state index contributed by atoms with van der Waals surface area (Å²) < 4.78 is 11.5. The van der Waals surface area contributed by atoms with E-state index in [1.54, 1.807) is 23.1 Å². The fraction of sp³-hybridized carbons (Fsp3) is 0.560. The van der Waals surface area contributed by atoms with Crippen molar-refractivity contribution in [1.29, 1.82) is 0 Å². The predicted molar refractivity (Wildman–Crippen MR) is 125 cm³/mol. The predicted octanol–water partition coefficient (Wildman–Crippen LogP) is 3.14. The first kappa shape index (κ1) is 23.4. The summed E-state index contributed by atoms with van der Waals surface area (Å²) in [6, 6.07) is 8.96. The minimum atomic E-state index is -0.604. The zero-order valence-electron chi connectivity index (χ0n) is 19.5. The van der Waals surface area contributed by atoms with E-state index in [9.17, 15) is 14.4 Å². The van der Waals surface area contributed by atoms with Crippen molar-refractivity contribution in [1.82, 2.24) is 10.2 Å². The Labute approximate surface area is 194 Å². The highest BCUT2D eigenvalue weighted by Gasteiger charge is 2.50. The van der Waals surface area contributed by atoms with E-state index in [1.807, 2.05) is 26.0 Å². The molecule has 3 heterocycles. The van der Waals surface area contributed by atoms with E-state index >= 15 is 0 Å². The van der Waals surface area contributed by atoms with Gasteiger partial charge in [0.2, 0.25) is 0 Å². The lowest BCUT2D eigenvalue weighted by atomic mass is 9.93.